The second-order valence-corrected chi connectivity index (χ2v) is 5.15. The summed E-state index contributed by atoms with van der Waals surface area (Å²) in [6.07, 6.45) is 4.11. The lowest BCUT2D eigenvalue weighted by molar-refractivity contribution is 0.166. The molecule has 0 bridgehead atoms. The van der Waals surface area contributed by atoms with Gasteiger partial charge in [0.15, 0.2) is 0 Å². The Bertz CT molecular complexity index is 268. The highest BCUT2D eigenvalue weighted by molar-refractivity contribution is 6.08. The van der Waals surface area contributed by atoms with Crippen molar-refractivity contribution in [3.8, 4) is 0 Å². The molecule has 0 aliphatic carbocycles. The predicted octanol–water partition coefficient (Wildman–Crippen LogP) is 2.24. The summed E-state index contributed by atoms with van der Waals surface area (Å²) in [5.74, 6) is 0. The first kappa shape index (κ1) is 12.5. The Kier molecular flexibility index (Phi) is 5.65. The molecule has 1 rings (SSSR count). The number of aryl methyl sites for hydroxylation is 1. The molecule has 0 aliphatic rings. The minimum Gasteiger partial charge on any atom is -0.388 e. The van der Waals surface area contributed by atoms with Crippen LogP contribution in [0.25, 0.3) is 0 Å². The van der Waals surface area contributed by atoms with Gasteiger partial charge in [0, 0.05) is 10.2 Å². The number of aliphatic hydroxyl groups excluding tert-OH is 1. The number of hydrogen-bond acceptors (Lipinski definition) is 1. The number of aliphatic hydroxyl groups is 1. The lowest BCUT2D eigenvalue weighted by Gasteiger charge is -2.10. The van der Waals surface area contributed by atoms with Crippen LogP contribution in [0.2, 0.25) is 6.04 Å². The van der Waals surface area contributed by atoms with Crippen LogP contribution in [0.1, 0.15) is 43.4 Å². The maximum Gasteiger partial charge on any atom is 0.0790 e. The van der Waals surface area contributed by atoms with Crippen LogP contribution < -0.4 is 0 Å². The highest BCUT2D eigenvalue weighted by Gasteiger charge is 2.05. The molecule has 0 aromatic heterocycles. The first-order valence-corrected chi connectivity index (χ1v) is 7.46. The molecular formula is C13H22OSi. The summed E-state index contributed by atoms with van der Waals surface area (Å²) in [7, 11) is 1.31. The van der Waals surface area contributed by atoms with E-state index >= 15 is 0 Å². The van der Waals surface area contributed by atoms with E-state index in [4.69, 9.17) is 0 Å². The van der Waals surface area contributed by atoms with Gasteiger partial charge < -0.3 is 5.11 Å². The van der Waals surface area contributed by atoms with Crippen molar-refractivity contribution in [2.45, 2.75) is 44.8 Å². The Hall–Kier alpha value is -0.603. The van der Waals surface area contributed by atoms with E-state index in [1.165, 1.54) is 34.7 Å². The zero-order valence-corrected chi connectivity index (χ0v) is 11.9. The molecule has 1 unspecified atom stereocenters. The Morgan fingerprint density at radius 1 is 1.27 bits per heavy atom. The summed E-state index contributed by atoms with van der Waals surface area (Å²) >= 11 is 0. The molecule has 0 aliphatic heterocycles. The van der Waals surface area contributed by atoms with Gasteiger partial charge in [0.2, 0.25) is 0 Å². The molecule has 0 amide bonds. The van der Waals surface area contributed by atoms with Gasteiger partial charge in [-0.3, -0.25) is 0 Å². The van der Waals surface area contributed by atoms with Crippen LogP contribution in [0.15, 0.2) is 24.3 Å². The Morgan fingerprint density at radius 3 is 2.47 bits per heavy atom. The van der Waals surface area contributed by atoms with Gasteiger partial charge in [-0.25, -0.2) is 0 Å². The van der Waals surface area contributed by atoms with Gasteiger partial charge in [-0.05, 0) is 24.0 Å². The third-order valence-electron chi connectivity index (χ3n) is 2.75. The van der Waals surface area contributed by atoms with Crippen LogP contribution in [0.3, 0.4) is 0 Å². The molecule has 0 radical (unpaired) electrons. The summed E-state index contributed by atoms with van der Waals surface area (Å²) in [4.78, 5) is 0. The topological polar surface area (TPSA) is 20.2 Å². The third-order valence-corrected chi connectivity index (χ3v) is 3.45. The Morgan fingerprint density at radius 2 is 1.93 bits per heavy atom. The van der Waals surface area contributed by atoms with E-state index in [2.05, 4.69) is 31.2 Å². The third kappa shape index (κ3) is 4.18. The van der Waals surface area contributed by atoms with E-state index in [-0.39, 0.29) is 6.10 Å². The molecule has 0 spiro atoms. The van der Waals surface area contributed by atoms with Crippen LogP contribution >= 0.6 is 0 Å². The predicted molar refractivity (Wildman–Crippen MR) is 69.4 cm³/mol. The maximum absolute atomic E-state index is 9.79. The molecule has 1 N–H and O–H groups in total. The first-order chi connectivity index (χ1) is 7.27. The van der Waals surface area contributed by atoms with E-state index in [9.17, 15) is 5.11 Å². The average molecular weight is 222 g/mol. The fraction of sp³-hybridized carbons (Fsp3) is 0.538. The largest absolute Gasteiger partial charge is 0.388 e. The van der Waals surface area contributed by atoms with E-state index in [1.54, 1.807) is 0 Å². The summed E-state index contributed by atoms with van der Waals surface area (Å²) in [5, 5.41) is 9.79. The molecule has 1 aromatic rings. The van der Waals surface area contributed by atoms with Crippen molar-refractivity contribution in [2.75, 3.05) is 0 Å². The van der Waals surface area contributed by atoms with Crippen molar-refractivity contribution in [2.24, 2.45) is 0 Å². The smallest absolute Gasteiger partial charge is 0.0790 e. The van der Waals surface area contributed by atoms with Gasteiger partial charge in [-0.15, -0.1) is 0 Å². The van der Waals surface area contributed by atoms with Crippen LogP contribution in [0.5, 0.6) is 0 Å². The Balaban J connectivity index is 2.55. The fourth-order valence-electron chi connectivity index (χ4n) is 1.73. The summed E-state index contributed by atoms with van der Waals surface area (Å²) in [6.45, 7) is 2.10. The first-order valence-electron chi connectivity index (χ1n) is 6.04. The minimum atomic E-state index is -0.275. The molecule has 0 saturated carbocycles. The van der Waals surface area contributed by atoms with Gasteiger partial charge in [0.1, 0.15) is 0 Å². The van der Waals surface area contributed by atoms with E-state index in [0.29, 0.717) is 0 Å². The second-order valence-electron chi connectivity index (χ2n) is 4.15. The zero-order chi connectivity index (χ0) is 11.1. The highest BCUT2D eigenvalue weighted by Crippen LogP contribution is 2.18. The summed E-state index contributed by atoms with van der Waals surface area (Å²) in [6, 6.07) is 9.84. The van der Waals surface area contributed by atoms with Crippen LogP contribution in [0, 0.1) is 0 Å². The molecule has 2 heteroatoms. The van der Waals surface area contributed by atoms with Gasteiger partial charge >= 0.3 is 0 Å². The minimum absolute atomic E-state index is 0.275. The highest BCUT2D eigenvalue weighted by atomic mass is 28.1. The Labute approximate surface area is 96.0 Å². The van der Waals surface area contributed by atoms with Crippen molar-refractivity contribution in [3.05, 3.63) is 35.4 Å². The van der Waals surface area contributed by atoms with Gasteiger partial charge in [-0.2, -0.15) is 0 Å². The van der Waals surface area contributed by atoms with Gasteiger partial charge in [-0.1, -0.05) is 50.1 Å². The van der Waals surface area contributed by atoms with Gasteiger partial charge in [0.05, 0.1) is 6.10 Å². The van der Waals surface area contributed by atoms with Crippen molar-refractivity contribution < 1.29 is 5.11 Å². The lowest BCUT2D eigenvalue weighted by atomic mass is 10.0. The van der Waals surface area contributed by atoms with Crippen LogP contribution in [0.4, 0.5) is 0 Å². The van der Waals surface area contributed by atoms with Crippen molar-refractivity contribution >= 4 is 10.2 Å². The van der Waals surface area contributed by atoms with Gasteiger partial charge in [0.25, 0.3) is 0 Å². The maximum atomic E-state index is 9.79. The summed E-state index contributed by atoms with van der Waals surface area (Å²) in [5.41, 5.74) is 2.46. The molecule has 0 saturated heterocycles. The van der Waals surface area contributed by atoms with Crippen molar-refractivity contribution in [3.63, 3.8) is 0 Å². The van der Waals surface area contributed by atoms with E-state index < -0.39 is 0 Å². The molecule has 1 atom stereocenters. The SMILES string of the molecule is CCCC(O)c1ccc(CCC[SiH3])cc1. The molecule has 0 heterocycles. The van der Waals surface area contributed by atoms with Crippen LogP contribution in [-0.2, 0) is 6.42 Å². The summed E-state index contributed by atoms with van der Waals surface area (Å²) < 4.78 is 0. The van der Waals surface area contributed by atoms with Crippen molar-refractivity contribution in [1.82, 2.24) is 0 Å². The number of rotatable bonds is 6. The molecule has 15 heavy (non-hydrogen) atoms. The van der Waals surface area contributed by atoms with Crippen LogP contribution in [-0.4, -0.2) is 15.3 Å². The molecular weight excluding hydrogens is 200 g/mol. The number of benzene rings is 1. The van der Waals surface area contributed by atoms with E-state index in [0.717, 1.165) is 18.4 Å². The lowest BCUT2D eigenvalue weighted by Crippen LogP contribution is -1.96. The number of hydrogen-bond donors (Lipinski definition) is 1. The standard InChI is InChI=1S/C13H22OSi/c1-2-4-13(14)12-8-6-11(7-9-12)5-3-10-15/h6-9,13-14H,2-5,10H2,1,15H3. The monoisotopic (exact) mass is 222 g/mol. The molecule has 0 fully saturated rings. The van der Waals surface area contributed by atoms with E-state index in [1.807, 2.05) is 0 Å². The van der Waals surface area contributed by atoms with Crippen molar-refractivity contribution in [1.29, 1.82) is 0 Å². The fourth-order valence-corrected chi connectivity index (χ4v) is 2.08. The second kappa shape index (κ2) is 6.80. The quantitative estimate of drug-likeness (QED) is 0.732. The molecule has 1 aromatic carbocycles. The average Bonchev–Trinajstić information content (AvgIpc) is 2.27. The normalized spacial score (nSPS) is 12.9. The zero-order valence-electron chi connectivity index (χ0n) is 9.87. The molecule has 84 valence electrons. The molecule has 1 nitrogen and oxygen atoms in total.